The van der Waals surface area contributed by atoms with Crippen LogP contribution in [0.1, 0.15) is 118 Å². The smallest absolute Gasteiger partial charge is 0.282 e. The quantitative estimate of drug-likeness (QED) is 0.182. The molecule has 26 heavy (non-hydrogen) atoms. The highest BCUT2D eigenvalue weighted by Crippen LogP contribution is 2.25. The van der Waals surface area contributed by atoms with Crippen LogP contribution < -0.4 is 0 Å². The van der Waals surface area contributed by atoms with Gasteiger partial charge in [-0.15, -0.1) is 0 Å². The molecule has 0 aromatic heterocycles. The summed E-state index contributed by atoms with van der Waals surface area (Å²) >= 11 is 0. The Hall–Kier alpha value is -0.160. The Balaban J connectivity index is 0. The third kappa shape index (κ3) is 16.0. The van der Waals surface area contributed by atoms with Crippen molar-refractivity contribution in [2.75, 3.05) is 19.8 Å². The van der Waals surface area contributed by atoms with Gasteiger partial charge in [-0.1, -0.05) is 85.5 Å². The molecule has 0 aliphatic rings. The average molecular weight is 377 g/mol. The molecule has 1 unspecified atom stereocenters. The molecule has 0 saturated heterocycles. The van der Waals surface area contributed by atoms with Gasteiger partial charge in [0.15, 0.2) is 0 Å². The van der Waals surface area contributed by atoms with Crippen LogP contribution in [0.25, 0.3) is 0 Å². The zero-order valence-electron chi connectivity index (χ0n) is 18.2. The second-order valence-electron chi connectivity index (χ2n) is 7.16. The summed E-state index contributed by atoms with van der Waals surface area (Å²) in [5.74, 6) is -0.803. The Morgan fingerprint density at radius 2 is 0.846 bits per heavy atom. The first-order valence-electron chi connectivity index (χ1n) is 11.2. The van der Waals surface area contributed by atoms with Gasteiger partial charge in [-0.05, 0) is 25.7 Å². The highest BCUT2D eigenvalue weighted by molar-refractivity contribution is 4.61. The van der Waals surface area contributed by atoms with E-state index in [9.17, 15) is 0 Å². The molecule has 0 aromatic rings. The molecular weight excluding hydrogens is 328 g/mol. The van der Waals surface area contributed by atoms with E-state index in [4.69, 9.17) is 14.2 Å². The van der Waals surface area contributed by atoms with E-state index < -0.39 is 5.97 Å². The lowest BCUT2D eigenvalue weighted by molar-refractivity contribution is -0.384. The molecule has 1 atom stereocenters. The normalized spacial score (nSPS) is 13.4. The minimum Gasteiger partial charge on any atom is -0.412 e. The lowest BCUT2D eigenvalue weighted by Crippen LogP contribution is -2.40. The van der Waals surface area contributed by atoms with E-state index in [2.05, 4.69) is 27.7 Å². The topological polar surface area (TPSA) is 59.2 Å². The number of unbranched alkanes of at least 4 members (excludes halogenated alkanes) is 9. The third-order valence-electron chi connectivity index (χ3n) is 4.55. The largest absolute Gasteiger partial charge is 0.412 e. The highest BCUT2D eigenvalue weighted by Gasteiger charge is 2.32. The number of rotatable bonds is 20. The van der Waals surface area contributed by atoms with Crippen molar-refractivity contribution in [2.24, 2.45) is 0 Å². The van der Waals surface area contributed by atoms with E-state index >= 15 is 0 Å². The summed E-state index contributed by atoms with van der Waals surface area (Å²) in [5, 5.41) is 0. The molecular formula is C22H48O4. The number of ether oxygens (including phenoxy) is 3. The average Bonchev–Trinajstić information content (AvgIpc) is 2.62. The van der Waals surface area contributed by atoms with Gasteiger partial charge in [0.2, 0.25) is 0 Å². The molecule has 0 bridgehead atoms. The van der Waals surface area contributed by atoms with E-state index in [1.165, 1.54) is 51.4 Å². The molecule has 4 heteroatoms. The van der Waals surface area contributed by atoms with Crippen LogP contribution in [0.4, 0.5) is 0 Å². The van der Waals surface area contributed by atoms with Crippen molar-refractivity contribution in [1.82, 2.24) is 0 Å². The molecule has 0 spiro atoms. The number of hydrogen-bond acceptors (Lipinski definition) is 3. The van der Waals surface area contributed by atoms with Gasteiger partial charge < -0.3 is 19.7 Å². The van der Waals surface area contributed by atoms with E-state index in [0.29, 0.717) is 0 Å². The van der Waals surface area contributed by atoms with E-state index in [0.717, 1.165) is 58.3 Å². The third-order valence-corrected chi connectivity index (χ3v) is 4.55. The van der Waals surface area contributed by atoms with Crippen LogP contribution in [0, 0.1) is 0 Å². The van der Waals surface area contributed by atoms with Gasteiger partial charge in [-0.25, -0.2) is 0 Å². The molecule has 4 nitrogen and oxygen atoms in total. The Bertz CT molecular complexity index is 247. The molecule has 0 amide bonds. The van der Waals surface area contributed by atoms with Crippen LogP contribution in [0.3, 0.4) is 0 Å². The fourth-order valence-electron chi connectivity index (χ4n) is 2.82. The molecule has 2 N–H and O–H groups in total. The molecule has 0 saturated carbocycles. The van der Waals surface area contributed by atoms with Gasteiger partial charge in [-0.2, -0.15) is 0 Å². The summed E-state index contributed by atoms with van der Waals surface area (Å²) in [6.07, 6.45) is 16.3. The van der Waals surface area contributed by atoms with Crippen LogP contribution in [-0.4, -0.2) is 31.3 Å². The minimum absolute atomic E-state index is 0. The number of hydrogen-bond donors (Lipinski definition) is 0. The first-order valence-corrected chi connectivity index (χ1v) is 11.2. The Labute approximate surface area is 163 Å². The standard InChI is InChI=1S/C22H46O3.H2O/c1-5-9-13-15-18-22(23-19-12-8-4,24-20-16-11-7-3)25-21-17-14-10-6-2;/h5-21H2,1-4H3;1H2. The van der Waals surface area contributed by atoms with Crippen molar-refractivity contribution in [3.8, 4) is 0 Å². The van der Waals surface area contributed by atoms with E-state index in [-0.39, 0.29) is 5.48 Å². The monoisotopic (exact) mass is 376 g/mol. The van der Waals surface area contributed by atoms with Crippen molar-refractivity contribution in [3.63, 3.8) is 0 Å². The fourth-order valence-corrected chi connectivity index (χ4v) is 2.82. The Kier molecular flexibility index (Phi) is 22.8. The highest BCUT2D eigenvalue weighted by atomic mass is 16.9. The maximum absolute atomic E-state index is 6.24. The van der Waals surface area contributed by atoms with Gasteiger partial charge >= 0.3 is 0 Å². The SMILES string of the molecule is CCCCCCOC(CCCCCC)(OCCCC)OCCCCC.O. The zero-order chi connectivity index (χ0) is 18.6. The van der Waals surface area contributed by atoms with Crippen LogP contribution in [0.5, 0.6) is 0 Å². The van der Waals surface area contributed by atoms with Crippen molar-refractivity contribution in [1.29, 1.82) is 0 Å². The molecule has 0 aromatic carbocycles. The van der Waals surface area contributed by atoms with Gasteiger partial charge in [-0.3, -0.25) is 0 Å². The van der Waals surface area contributed by atoms with E-state index in [1.54, 1.807) is 0 Å². The lowest BCUT2D eigenvalue weighted by Gasteiger charge is -2.34. The van der Waals surface area contributed by atoms with Gasteiger partial charge in [0.25, 0.3) is 5.97 Å². The first kappa shape index (κ1) is 28.1. The van der Waals surface area contributed by atoms with Crippen LogP contribution in [-0.2, 0) is 14.2 Å². The van der Waals surface area contributed by atoms with Gasteiger partial charge in [0.05, 0.1) is 19.8 Å². The van der Waals surface area contributed by atoms with Gasteiger partial charge in [0, 0.05) is 6.42 Å². The molecule has 0 heterocycles. The molecule has 0 aliphatic carbocycles. The summed E-state index contributed by atoms with van der Waals surface area (Å²) in [6.45, 7) is 11.1. The van der Waals surface area contributed by atoms with Crippen molar-refractivity contribution < 1.29 is 19.7 Å². The molecule has 0 rings (SSSR count). The molecule has 0 fully saturated rings. The van der Waals surface area contributed by atoms with Crippen molar-refractivity contribution >= 4 is 0 Å². The summed E-state index contributed by atoms with van der Waals surface area (Å²) in [5.41, 5.74) is 0. The van der Waals surface area contributed by atoms with Crippen molar-refractivity contribution in [2.45, 2.75) is 124 Å². The lowest BCUT2D eigenvalue weighted by atomic mass is 10.1. The summed E-state index contributed by atoms with van der Waals surface area (Å²) in [6, 6.07) is 0. The maximum Gasteiger partial charge on any atom is 0.282 e. The zero-order valence-corrected chi connectivity index (χ0v) is 18.2. The molecule has 0 radical (unpaired) electrons. The van der Waals surface area contributed by atoms with Crippen LogP contribution in [0.2, 0.25) is 0 Å². The Morgan fingerprint density at radius 3 is 1.35 bits per heavy atom. The van der Waals surface area contributed by atoms with Crippen molar-refractivity contribution in [3.05, 3.63) is 0 Å². The summed E-state index contributed by atoms with van der Waals surface area (Å²) < 4.78 is 18.7. The molecule has 160 valence electrons. The second kappa shape index (κ2) is 21.1. The van der Waals surface area contributed by atoms with Crippen LogP contribution in [0.15, 0.2) is 0 Å². The summed E-state index contributed by atoms with van der Waals surface area (Å²) in [7, 11) is 0. The Morgan fingerprint density at radius 1 is 0.462 bits per heavy atom. The first-order chi connectivity index (χ1) is 12.2. The fraction of sp³-hybridized carbons (Fsp3) is 1.00. The van der Waals surface area contributed by atoms with Crippen LogP contribution >= 0.6 is 0 Å². The molecule has 0 aliphatic heterocycles. The predicted octanol–water partition coefficient (Wildman–Crippen LogP) is 6.41. The second-order valence-corrected chi connectivity index (χ2v) is 7.16. The summed E-state index contributed by atoms with van der Waals surface area (Å²) in [4.78, 5) is 0. The predicted molar refractivity (Wildman–Crippen MR) is 112 cm³/mol. The van der Waals surface area contributed by atoms with Gasteiger partial charge in [0.1, 0.15) is 0 Å². The van der Waals surface area contributed by atoms with E-state index in [1.807, 2.05) is 0 Å². The minimum atomic E-state index is -0.803. The maximum atomic E-state index is 6.24.